The van der Waals surface area contributed by atoms with Gasteiger partial charge < -0.3 is 10.2 Å². The second-order valence-corrected chi connectivity index (χ2v) is 4.14. The highest BCUT2D eigenvalue weighted by atomic mass is 19.2. The molecule has 6 heteroatoms. The van der Waals surface area contributed by atoms with E-state index in [9.17, 15) is 13.2 Å². The van der Waals surface area contributed by atoms with E-state index < -0.39 is 17.5 Å². The standard InChI is InChI=1S/C12H14F3N3/c1-18-7-6-17-12(18)16-5-4-8-2-3-9(13)11(15)10(8)14/h2-3H,4-7H2,1H3,(H,16,17). The first-order valence-electron chi connectivity index (χ1n) is 5.71. The Labute approximate surface area is 103 Å². The molecule has 0 saturated carbocycles. The minimum absolute atomic E-state index is 0.155. The van der Waals surface area contributed by atoms with E-state index in [0.29, 0.717) is 6.54 Å². The van der Waals surface area contributed by atoms with Gasteiger partial charge in [0, 0.05) is 20.1 Å². The number of hydrogen-bond donors (Lipinski definition) is 1. The number of benzene rings is 1. The van der Waals surface area contributed by atoms with Gasteiger partial charge >= 0.3 is 0 Å². The third-order valence-corrected chi connectivity index (χ3v) is 2.85. The molecule has 0 atom stereocenters. The molecule has 0 fully saturated rings. The van der Waals surface area contributed by atoms with Gasteiger partial charge in [0.15, 0.2) is 23.4 Å². The van der Waals surface area contributed by atoms with Crippen molar-refractivity contribution in [3.8, 4) is 0 Å². The Balaban J connectivity index is 1.93. The molecule has 18 heavy (non-hydrogen) atoms. The van der Waals surface area contributed by atoms with Gasteiger partial charge in [-0.15, -0.1) is 0 Å². The van der Waals surface area contributed by atoms with Crippen molar-refractivity contribution in [3.63, 3.8) is 0 Å². The summed E-state index contributed by atoms with van der Waals surface area (Å²) in [4.78, 5) is 6.15. The van der Waals surface area contributed by atoms with Crippen molar-refractivity contribution in [1.29, 1.82) is 0 Å². The van der Waals surface area contributed by atoms with Crippen LogP contribution < -0.4 is 5.32 Å². The van der Waals surface area contributed by atoms with E-state index in [-0.39, 0.29) is 12.0 Å². The van der Waals surface area contributed by atoms with Crippen LogP contribution in [0.15, 0.2) is 17.1 Å². The molecule has 0 spiro atoms. The average molecular weight is 257 g/mol. The molecule has 2 rings (SSSR count). The largest absolute Gasteiger partial charge is 0.356 e. The lowest BCUT2D eigenvalue weighted by Gasteiger charge is -2.15. The molecule has 1 heterocycles. The molecular formula is C12H14F3N3. The highest BCUT2D eigenvalue weighted by molar-refractivity contribution is 5.81. The Kier molecular flexibility index (Phi) is 3.74. The highest BCUT2D eigenvalue weighted by Gasteiger charge is 2.14. The van der Waals surface area contributed by atoms with Crippen molar-refractivity contribution in [2.24, 2.45) is 4.99 Å². The Bertz CT molecular complexity index is 474. The van der Waals surface area contributed by atoms with Crippen LogP contribution in [0, 0.1) is 17.5 Å². The molecule has 3 nitrogen and oxygen atoms in total. The highest BCUT2D eigenvalue weighted by Crippen LogP contribution is 2.15. The fourth-order valence-electron chi connectivity index (χ4n) is 1.79. The van der Waals surface area contributed by atoms with Crippen molar-refractivity contribution in [1.82, 2.24) is 10.2 Å². The zero-order valence-electron chi connectivity index (χ0n) is 10.0. The third-order valence-electron chi connectivity index (χ3n) is 2.85. The van der Waals surface area contributed by atoms with Crippen LogP contribution in [0.25, 0.3) is 0 Å². The van der Waals surface area contributed by atoms with Crippen LogP contribution in [-0.4, -0.2) is 37.5 Å². The smallest absolute Gasteiger partial charge is 0.194 e. The first-order valence-corrected chi connectivity index (χ1v) is 5.71. The molecule has 0 aliphatic carbocycles. The topological polar surface area (TPSA) is 27.6 Å². The van der Waals surface area contributed by atoms with Crippen LogP contribution in [0.4, 0.5) is 13.2 Å². The number of halogens is 3. The zero-order chi connectivity index (χ0) is 13.1. The maximum absolute atomic E-state index is 13.4. The van der Waals surface area contributed by atoms with Gasteiger partial charge in [-0.25, -0.2) is 13.2 Å². The lowest BCUT2D eigenvalue weighted by Crippen LogP contribution is -2.36. The number of guanidine groups is 1. The van der Waals surface area contributed by atoms with Gasteiger partial charge in [-0.05, 0) is 18.1 Å². The summed E-state index contributed by atoms with van der Waals surface area (Å²) in [5.41, 5.74) is 0.155. The molecule has 0 unspecified atom stereocenters. The monoisotopic (exact) mass is 257 g/mol. The van der Waals surface area contributed by atoms with Crippen molar-refractivity contribution >= 4 is 5.96 Å². The lowest BCUT2D eigenvalue weighted by molar-refractivity contribution is 0.440. The SMILES string of the molecule is CN1CCN=C1NCCc1ccc(F)c(F)c1F. The van der Waals surface area contributed by atoms with Crippen LogP contribution in [0.2, 0.25) is 0 Å². The Morgan fingerprint density at radius 2 is 2.06 bits per heavy atom. The van der Waals surface area contributed by atoms with Crippen LogP contribution in [0.5, 0.6) is 0 Å². The van der Waals surface area contributed by atoms with E-state index in [1.807, 2.05) is 11.9 Å². The quantitative estimate of drug-likeness (QED) is 0.832. The molecule has 1 N–H and O–H groups in total. The van der Waals surface area contributed by atoms with E-state index in [4.69, 9.17) is 0 Å². The number of nitrogens with zero attached hydrogens (tertiary/aromatic N) is 2. The maximum atomic E-state index is 13.4. The molecule has 1 aliphatic rings. The van der Waals surface area contributed by atoms with Gasteiger partial charge in [-0.3, -0.25) is 4.99 Å². The van der Waals surface area contributed by atoms with E-state index in [1.54, 1.807) is 0 Å². The summed E-state index contributed by atoms with van der Waals surface area (Å²) in [6.07, 6.45) is 0.274. The summed E-state index contributed by atoms with van der Waals surface area (Å²) in [6, 6.07) is 2.20. The summed E-state index contributed by atoms with van der Waals surface area (Å²) in [6.45, 7) is 2.01. The van der Waals surface area contributed by atoms with E-state index in [0.717, 1.165) is 25.1 Å². The van der Waals surface area contributed by atoms with Crippen LogP contribution in [0.3, 0.4) is 0 Å². The minimum Gasteiger partial charge on any atom is -0.356 e. The van der Waals surface area contributed by atoms with E-state index in [1.165, 1.54) is 6.07 Å². The number of aliphatic imine (C=N–C) groups is 1. The molecule has 0 radical (unpaired) electrons. The molecule has 1 aromatic carbocycles. The van der Waals surface area contributed by atoms with Gasteiger partial charge in [0.25, 0.3) is 0 Å². The number of rotatable bonds is 3. The first-order chi connectivity index (χ1) is 8.59. The summed E-state index contributed by atoms with van der Waals surface area (Å²) in [5.74, 6) is -2.94. The van der Waals surface area contributed by atoms with Crippen LogP contribution in [0.1, 0.15) is 5.56 Å². The maximum Gasteiger partial charge on any atom is 0.194 e. The second-order valence-electron chi connectivity index (χ2n) is 4.14. The van der Waals surface area contributed by atoms with Gasteiger partial charge in [0.05, 0.1) is 6.54 Å². The van der Waals surface area contributed by atoms with Gasteiger partial charge in [0.2, 0.25) is 0 Å². The van der Waals surface area contributed by atoms with E-state index in [2.05, 4.69) is 10.3 Å². The first kappa shape index (κ1) is 12.7. The van der Waals surface area contributed by atoms with Gasteiger partial charge in [-0.2, -0.15) is 0 Å². The number of likely N-dealkylation sites (N-methyl/N-ethyl adjacent to an activating group) is 1. The fourth-order valence-corrected chi connectivity index (χ4v) is 1.79. The molecule has 98 valence electrons. The molecule has 1 aliphatic heterocycles. The van der Waals surface area contributed by atoms with Crippen LogP contribution in [-0.2, 0) is 6.42 Å². The second kappa shape index (κ2) is 5.29. The molecule has 0 aromatic heterocycles. The van der Waals surface area contributed by atoms with Crippen molar-refractivity contribution < 1.29 is 13.2 Å². The summed E-state index contributed by atoms with van der Waals surface area (Å²) in [7, 11) is 1.90. The molecule has 0 saturated heterocycles. The number of nitrogens with one attached hydrogen (secondary N) is 1. The fraction of sp³-hybridized carbons (Fsp3) is 0.417. The normalized spacial score (nSPS) is 14.9. The minimum atomic E-state index is -1.41. The van der Waals surface area contributed by atoms with Crippen molar-refractivity contribution in [3.05, 3.63) is 35.1 Å². The van der Waals surface area contributed by atoms with Crippen molar-refractivity contribution in [2.75, 3.05) is 26.7 Å². The molecule has 0 bridgehead atoms. The van der Waals surface area contributed by atoms with Gasteiger partial charge in [0.1, 0.15) is 0 Å². The third kappa shape index (κ3) is 2.57. The van der Waals surface area contributed by atoms with E-state index >= 15 is 0 Å². The van der Waals surface area contributed by atoms with Gasteiger partial charge in [-0.1, -0.05) is 6.07 Å². The predicted octanol–water partition coefficient (Wildman–Crippen LogP) is 1.54. The summed E-state index contributed by atoms with van der Waals surface area (Å²) >= 11 is 0. The zero-order valence-corrected chi connectivity index (χ0v) is 10.0. The van der Waals surface area contributed by atoms with Crippen LogP contribution >= 0.6 is 0 Å². The summed E-state index contributed by atoms with van der Waals surface area (Å²) in [5, 5.41) is 3.03. The Morgan fingerprint density at radius 1 is 1.28 bits per heavy atom. The summed E-state index contributed by atoms with van der Waals surface area (Å²) < 4.78 is 39.1. The number of hydrogen-bond acceptors (Lipinski definition) is 3. The predicted molar refractivity (Wildman–Crippen MR) is 63.0 cm³/mol. The molecule has 0 amide bonds. The van der Waals surface area contributed by atoms with Crippen molar-refractivity contribution in [2.45, 2.75) is 6.42 Å². The Morgan fingerprint density at radius 3 is 2.72 bits per heavy atom. The average Bonchev–Trinajstić information content (AvgIpc) is 2.75. The Hall–Kier alpha value is -1.72. The molecular weight excluding hydrogens is 243 g/mol. The molecule has 1 aromatic rings. The lowest BCUT2D eigenvalue weighted by atomic mass is 10.1.